The molecule has 20 heavy (non-hydrogen) atoms. The summed E-state index contributed by atoms with van der Waals surface area (Å²) in [7, 11) is 0. The molecule has 0 atom stereocenters. The lowest BCUT2D eigenvalue weighted by atomic mass is 9.85. The number of anilines is 2. The Labute approximate surface area is 121 Å². The Morgan fingerprint density at radius 3 is 2.30 bits per heavy atom. The minimum atomic E-state index is 0.129. The highest BCUT2D eigenvalue weighted by molar-refractivity contribution is 5.73. The fourth-order valence-electron chi connectivity index (χ4n) is 2.76. The van der Waals surface area contributed by atoms with Crippen molar-refractivity contribution in [2.45, 2.75) is 26.2 Å². The van der Waals surface area contributed by atoms with Crippen molar-refractivity contribution in [3.8, 4) is 5.75 Å². The van der Waals surface area contributed by atoms with Gasteiger partial charge in [0.25, 0.3) is 0 Å². The molecule has 2 nitrogen and oxygen atoms in total. The van der Waals surface area contributed by atoms with E-state index in [1.54, 1.807) is 0 Å². The lowest BCUT2D eigenvalue weighted by Crippen LogP contribution is -2.30. The van der Waals surface area contributed by atoms with Crippen molar-refractivity contribution in [1.82, 2.24) is 0 Å². The first-order valence-electron chi connectivity index (χ1n) is 7.16. The molecule has 2 aromatic rings. The molecule has 0 spiro atoms. The fourth-order valence-corrected chi connectivity index (χ4v) is 2.76. The zero-order chi connectivity index (χ0) is 14.2. The van der Waals surface area contributed by atoms with Gasteiger partial charge in [-0.15, -0.1) is 0 Å². The molecule has 1 heterocycles. The van der Waals surface area contributed by atoms with Gasteiger partial charge in [-0.1, -0.05) is 51.1 Å². The zero-order valence-electron chi connectivity index (χ0n) is 12.4. The van der Waals surface area contributed by atoms with Gasteiger partial charge < -0.3 is 9.64 Å². The van der Waals surface area contributed by atoms with E-state index >= 15 is 0 Å². The Morgan fingerprint density at radius 2 is 1.55 bits per heavy atom. The second-order valence-corrected chi connectivity index (χ2v) is 6.23. The first-order valence-corrected chi connectivity index (χ1v) is 7.16. The number of hydrogen-bond acceptors (Lipinski definition) is 2. The number of para-hydroxylation sites is 3. The van der Waals surface area contributed by atoms with Gasteiger partial charge in [-0.3, -0.25) is 0 Å². The number of hydrogen-bond donors (Lipinski definition) is 0. The summed E-state index contributed by atoms with van der Waals surface area (Å²) in [6.07, 6.45) is 0. The van der Waals surface area contributed by atoms with Gasteiger partial charge in [-0.25, -0.2) is 0 Å². The second-order valence-electron chi connectivity index (χ2n) is 6.23. The molecule has 2 heteroatoms. The van der Waals surface area contributed by atoms with Gasteiger partial charge >= 0.3 is 0 Å². The first-order chi connectivity index (χ1) is 9.57. The van der Waals surface area contributed by atoms with Gasteiger partial charge in [-0.2, -0.15) is 0 Å². The van der Waals surface area contributed by atoms with Gasteiger partial charge in [0.05, 0.1) is 12.2 Å². The van der Waals surface area contributed by atoms with Crippen molar-refractivity contribution in [1.29, 1.82) is 0 Å². The molecule has 0 bridgehead atoms. The molecule has 0 saturated heterocycles. The number of nitrogens with zero attached hydrogens (tertiary/aromatic N) is 1. The molecule has 104 valence electrons. The average Bonchev–Trinajstić information content (AvgIpc) is 2.46. The lowest BCUT2D eigenvalue weighted by Gasteiger charge is -2.35. The maximum Gasteiger partial charge on any atom is 0.143 e. The predicted molar refractivity (Wildman–Crippen MR) is 84.1 cm³/mol. The van der Waals surface area contributed by atoms with E-state index in [0.717, 1.165) is 24.6 Å². The van der Waals surface area contributed by atoms with E-state index in [1.165, 1.54) is 11.3 Å². The summed E-state index contributed by atoms with van der Waals surface area (Å²) in [5.74, 6) is 0.975. The number of benzene rings is 2. The van der Waals surface area contributed by atoms with Crippen LogP contribution in [0.2, 0.25) is 0 Å². The van der Waals surface area contributed by atoms with Crippen molar-refractivity contribution in [3.63, 3.8) is 0 Å². The molecule has 2 aromatic carbocycles. The van der Waals surface area contributed by atoms with E-state index < -0.39 is 0 Å². The molecule has 0 fully saturated rings. The summed E-state index contributed by atoms with van der Waals surface area (Å²) < 4.78 is 5.76. The van der Waals surface area contributed by atoms with Gasteiger partial charge in [0.1, 0.15) is 12.4 Å². The van der Waals surface area contributed by atoms with Crippen LogP contribution in [0.15, 0.2) is 48.5 Å². The second kappa shape index (κ2) is 4.86. The fraction of sp³-hybridized carbons (Fsp3) is 0.333. The number of ether oxygens (including phenoxy) is 1. The molecule has 0 N–H and O–H groups in total. The van der Waals surface area contributed by atoms with Crippen molar-refractivity contribution < 1.29 is 4.74 Å². The van der Waals surface area contributed by atoms with E-state index in [0.29, 0.717) is 0 Å². The van der Waals surface area contributed by atoms with Crippen molar-refractivity contribution >= 4 is 11.4 Å². The molecule has 0 aromatic heterocycles. The van der Waals surface area contributed by atoms with Crippen LogP contribution in [-0.4, -0.2) is 13.2 Å². The smallest absolute Gasteiger partial charge is 0.143 e. The van der Waals surface area contributed by atoms with E-state index in [1.807, 2.05) is 12.1 Å². The SMILES string of the molecule is CC(C)(C)c1ccccc1N1CCOc2ccccc21. The maximum absolute atomic E-state index is 5.76. The van der Waals surface area contributed by atoms with Gasteiger partial charge in [0.15, 0.2) is 0 Å². The summed E-state index contributed by atoms with van der Waals surface area (Å²) in [6, 6.07) is 16.9. The molecule has 0 unspecified atom stereocenters. The molecule has 0 aliphatic carbocycles. The first kappa shape index (κ1) is 13.0. The number of rotatable bonds is 1. The maximum atomic E-state index is 5.76. The quantitative estimate of drug-likeness (QED) is 0.753. The third kappa shape index (κ3) is 2.26. The summed E-state index contributed by atoms with van der Waals surface area (Å²) in [5.41, 5.74) is 3.95. The van der Waals surface area contributed by atoms with E-state index in [4.69, 9.17) is 4.74 Å². The molecule has 1 aliphatic rings. The highest BCUT2D eigenvalue weighted by atomic mass is 16.5. The minimum absolute atomic E-state index is 0.129. The Balaban J connectivity index is 2.12. The van der Waals surface area contributed by atoms with Crippen LogP contribution in [0.25, 0.3) is 0 Å². The normalized spacial score (nSPS) is 14.7. The van der Waals surface area contributed by atoms with E-state index in [2.05, 4.69) is 62.1 Å². The van der Waals surface area contributed by atoms with Crippen LogP contribution in [0, 0.1) is 0 Å². The van der Waals surface area contributed by atoms with Crippen LogP contribution in [0.5, 0.6) is 5.75 Å². The largest absolute Gasteiger partial charge is 0.490 e. The third-order valence-electron chi connectivity index (χ3n) is 3.73. The van der Waals surface area contributed by atoms with Crippen LogP contribution >= 0.6 is 0 Å². The Morgan fingerprint density at radius 1 is 0.900 bits per heavy atom. The molecule has 0 radical (unpaired) electrons. The van der Waals surface area contributed by atoms with Gasteiger partial charge in [-0.05, 0) is 29.2 Å². The Hall–Kier alpha value is -1.96. The van der Waals surface area contributed by atoms with Crippen LogP contribution < -0.4 is 9.64 Å². The summed E-state index contributed by atoms with van der Waals surface area (Å²) >= 11 is 0. The average molecular weight is 267 g/mol. The molecule has 3 rings (SSSR count). The highest BCUT2D eigenvalue weighted by Gasteiger charge is 2.25. The van der Waals surface area contributed by atoms with Gasteiger partial charge in [0.2, 0.25) is 0 Å². The number of fused-ring (bicyclic) bond motifs is 1. The lowest BCUT2D eigenvalue weighted by molar-refractivity contribution is 0.314. The molecule has 1 aliphatic heterocycles. The Kier molecular flexibility index (Phi) is 3.17. The predicted octanol–water partition coefficient (Wildman–Crippen LogP) is 4.51. The van der Waals surface area contributed by atoms with Crippen molar-refractivity contribution in [2.75, 3.05) is 18.1 Å². The topological polar surface area (TPSA) is 12.5 Å². The summed E-state index contributed by atoms with van der Waals surface area (Å²) in [5, 5.41) is 0. The van der Waals surface area contributed by atoms with Crippen molar-refractivity contribution in [3.05, 3.63) is 54.1 Å². The molecule has 0 saturated carbocycles. The van der Waals surface area contributed by atoms with Crippen LogP contribution in [-0.2, 0) is 5.41 Å². The van der Waals surface area contributed by atoms with Gasteiger partial charge in [0, 0.05) is 5.69 Å². The third-order valence-corrected chi connectivity index (χ3v) is 3.73. The zero-order valence-corrected chi connectivity index (χ0v) is 12.4. The van der Waals surface area contributed by atoms with Crippen molar-refractivity contribution in [2.24, 2.45) is 0 Å². The summed E-state index contributed by atoms with van der Waals surface area (Å²) in [4.78, 5) is 2.37. The monoisotopic (exact) mass is 267 g/mol. The van der Waals surface area contributed by atoms with Crippen LogP contribution in [0.1, 0.15) is 26.3 Å². The molecular weight excluding hydrogens is 246 g/mol. The van der Waals surface area contributed by atoms with Crippen LogP contribution in [0.3, 0.4) is 0 Å². The summed E-state index contributed by atoms with van der Waals surface area (Å²) in [6.45, 7) is 8.41. The van der Waals surface area contributed by atoms with Crippen LogP contribution in [0.4, 0.5) is 11.4 Å². The van der Waals surface area contributed by atoms with E-state index in [9.17, 15) is 0 Å². The Bertz CT molecular complexity index is 613. The van der Waals surface area contributed by atoms with E-state index in [-0.39, 0.29) is 5.41 Å². The molecule has 0 amide bonds. The minimum Gasteiger partial charge on any atom is -0.490 e. The molecular formula is C18H21NO. The standard InChI is InChI=1S/C18H21NO/c1-18(2,3)14-8-4-5-9-15(14)19-12-13-20-17-11-7-6-10-16(17)19/h4-11H,12-13H2,1-3H3. The highest BCUT2D eigenvalue weighted by Crippen LogP contribution is 2.40.